The van der Waals surface area contributed by atoms with Crippen molar-refractivity contribution in [2.45, 2.75) is 6.42 Å². The normalized spacial score (nSPS) is 26.6. The summed E-state index contributed by atoms with van der Waals surface area (Å²) in [6.45, 7) is 0. The molecule has 1 aliphatic carbocycles. The summed E-state index contributed by atoms with van der Waals surface area (Å²) in [6.07, 6.45) is 3.95. The first-order valence-electron chi connectivity index (χ1n) is 4.98. The van der Waals surface area contributed by atoms with Crippen molar-refractivity contribution < 1.29 is 4.92 Å². The largest absolute Gasteiger partial charge is 0.274 e. The van der Waals surface area contributed by atoms with E-state index in [9.17, 15) is 10.1 Å². The first kappa shape index (κ1) is 9.03. The van der Waals surface area contributed by atoms with Gasteiger partial charge in [0.1, 0.15) is 0 Å². The SMILES string of the molecule is O=[N+]([O-])C1=C2\C\C2=N\c2ccccc2/C=C\1. The van der Waals surface area contributed by atoms with Crippen molar-refractivity contribution in [1.82, 2.24) is 0 Å². The van der Waals surface area contributed by atoms with Crippen LogP contribution in [0.3, 0.4) is 0 Å². The second-order valence-corrected chi connectivity index (χ2v) is 3.75. The Bertz CT molecular complexity index is 582. The van der Waals surface area contributed by atoms with Crippen LogP contribution in [0.5, 0.6) is 0 Å². The van der Waals surface area contributed by atoms with Crippen molar-refractivity contribution in [2.75, 3.05) is 0 Å². The van der Waals surface area contributed by atoms with E-state index in [-0.39, 0.29) is 10.6 Å². The first-order valence-corrected chi connectivity index (χ1v) is 4.98. The number of para-hydroxylation sites is 1. The fourth-order valence-corrected chi connectivity index (χ4v) is 1.78. The molecule has 2 aliphatic rings. The van der Waals surface area contributed by atoms with Crippen LogP contribution in [0.25, 0.3) is 6.08 Å². The highest BCUT2D eigenvalue weighted by molar-refractivity contribution is 6.19. The number of aliphatic imine (C=N–C) groups is 1. The lowest BCUT2D eigenvalue weighted by molar-refractivity contribution is -0.419. The van der Waals surface area contributed by atoms with E-state index in [4.69, 9.17) is 0 Å². The number of benzene rings is 1. The molecule has 4 heteroatoms. The number of hydrogen-bond donors (Lipinski definition) is 0. The topological polar surface area (TPSA) is 55.5 Å². The molecule has 1 aromatic rings. The molecule has 1 fully saturated rings. The molecule has 4 nitrogen and oxygen atoms in total. The Hall–Kier alpha value is -2.23. The van der Waals surface area contributed by atoms with Crippen LogP contribution in [0.4, 0.5) is 5.69 Å². The summed E-state index contributed by atoms with van der Waals surface area (Å²) in [5, 5.41) is 10.8. The molecule has 0 amide bonds. The third kappa shape index (κ3) is 1.35. The maximum Gasteiger partial charge on any atom is 0.274 e. The zero-order valence-corrected chi connectivity index (χ0v) is 8.38. The van der Waals surface area contributed by atoms with Crippen LogP contribution < -0.4 is 0 Å². The fourth-order valence-electron chi connectivity index (χ4n) is 1.78. The lowest BCUT2D eigenvalue weighted by Crippen LogP contribution is -1.96. The van der Waals surface area contributed by atoms with Gasteiger partial charge in [0.05, 0.1) is 21.9 Å². The van der Waals surface area contributed by atoms with Crippen molar-refractivity contribution in [1.29, 1.82) is 0 Å². The average molecular weight is 212 g/mol. The monoisotopic (exact) mass is 212 g/mol. The molecule has 1 aromatic carbocycles. The Balaban J connectivity index is 2.18. The molecule has 0 unspecified atom stereocenters. The molecule has 1 heterocycles. The van der Waals surface area contributed by atoms with Gasteiger partial charge in [0.15, 0.2) is 0 Å². The maximum absolute atomic E-state index is 10.8. The molecule has 0 bridgehead atoms. The molecule has 0 radical (unpaired) electrons. The highest BCUT2D eigenvalue weighted by Gasteiger charge is 2.34. The van der Waals surface area contributed by atoms with Gasteiger partial charge in [-0.25, -0.2) is 0 Å². The number of hydrogen-bond acceptors (Lipinski definition) is 3. The Kier molecular flexibility index (Phi) is 1.77. The third-order valence-corrected chi connectivity index (χ3v) is 2.69. The van der Waals surface area contributed by atoms with Gasteiger partial charge in [-0.05, 0) is 12.1 Å². The van der Waals surface area contributed by atoms with Crippen LogP contribution in [0.2, 0.25) is 0 Å². The standard InChI is InChI=1S/C12H8N2O2/c15-14(16)12-6-5-8-3-1-2-4-10(8)13-11-7-9(11)12/h1-6H,7H2/b6-5-,8-5?,12-6?,12-9+,13-10?,13-11-. The van der Waals surface area contributed by atoms with Crippen molar-refractivity contribution in [3.63, 3.8) is 0 Å². The molecule has 0 N–H and O–H groups in total. The lowest BCUT2D eigenvalue weighted by Gasteiger charge is -2.00. The van der Waals surface area contributed by atoms with E-state index in [0.29, 0.717) is 6.42 Å². The van der Waals surface area contributed by atoms with Crippen LogP contribution in [0.15, 0.2) is 46.6 Å². The molecule has 1 aliphatic heterocycles. The molecule has 16 heavy (non-hydrogen) atoms. The summed E-state index contributed by atoms with van der Waals surface area (Å²) >= 11 is 0. The fraction of sp³-hybridized carbons (Fsp3) is 0.0833. The molecular formula is C12H8N2O2. The minimum Gasteiger partial charge on any atom is -0.258 e. The minimum absolute atomic E-state index is 0.174. The Labute approximate surface area is 91.8 Å². The first-order chi connectivity index (χ1) is 7.75. The van der Waals surface area contributed by atoms with Crippen molar-refractivity contribution in [3.05, 3.63) is 57.3 Å². The number of allylic oxidation sites excluding steroid dienone is 2. The van der Waals surface area contributed by atoms with Crippen LogP contribution in [-0.4, -0.2) is 10.6 Å². The minimum atomic E-state index is -0.345. The zero-order chi connectivity index (χ0) is 11.1. The van der Waals surface area contributed by atoms with Gasteiger partial charge in [-0.1, -0.05) is 18.2 Å². The quantitative estimate of drug-likeness (QED) is 0.530. The van der Waals surface area contributed by atoms with E-state index < -0.39 is 0 Å². The predicted molar refractivity (Wildman–Crippen MR) is 61.2 cm³/mol. The van der Waals surface area contributed by atoms with E-state index >= 15 is 0 Å². The van der Waals surface area contributed by atoms with E-state index in [2.05, 4.69) is 4.99 Å². The highest BCUT2D eigenvalue weighted by Crippen LogP contribution is 2.36. The van der Waals surface area contributed by atoms with Gasteiger partial charge in [-0.15, -0.1) is 0 Å². The Morgan fingerprint density at radius 1 is 1.25 bits per heavy atom. The number of fused-ring (bicyclic) bond motifs is 2. The second-order valence-electron chi connectivity index (χ2n) is 3.75. The van der Waals surface area contributed by atoms with Crippen LogP contribution >= 0.6 is 0 Å². The second kappa shape index (κ2) is 3.13. The average Bonchev–Trinajstić information content (AvgIpc) is 2.97. The molecule has 0 saturated heterocycles. The highest BCUT2D eigenvalue weighted by atomic mass is 16.6. The molecule has 0 spiro atoms. The predicted octanol–water partition coefficient (Wildman–Crippen LogP) is 2.72. The van der Waals surface area contributed by atoms with E-state index in [1.165, 1.54) is 0 Å². The zero-order valence-electron chi connectivity index (χ0n) is 8.38. The van der Waals surface area contributed by atoms with E-state index in [1.54, 1.807) is 12.2 Å². The molecule has 78 valence electrons. The van der Waals surface area contributed by atoms with E-state index in [0.717, 1.165) is 22.5 Å². The van der Waals surface area contributed by atoms with Gasteiger partial charge in [0, 0.05) is 18.1 Å². The number of rotatable bonds is 1. The van der Waals surface area contributed by atoms with Gasteiger partial charge in [0.25, 0.3) is 5.70 Å². The summed E-state index contributed by atoms with van der Waals surface area (Å²) in [6, 6.07) is 7.63. The summed E-state index contributed by atoms with van der Waals surface area (Å²) in [5.41, 5.74) is 3.57. The van der Waals surface area contributed by atoms with E-state index in [1.807, 2.05) is 24.3 Å². The third-order valence-electron chi connectivity index (χ3n) is 2.69. The smallest absolute Gasteiger partial charge is 0.258 e. The van der Waals surface area contributed by atoms with Crippen LogP contribution in [-0.2, 0) is 0 Å². The van der Waals surface area contributed by atoms with Crippen molar-refractivity contribution >= 4 is 17.5 Å². The van der Waals surface area contributed by atoms with Gasteiger partial charge < -0.3 is 0 Å². The Morgan fingerprint density at radius 3 is 2.88 bits per heavy atom. The molecule has 3 rings (SSSR count). The van der Waals surface area contributed by atoms with Crippen LogP contribution in [0.1, 0.15) is 12.0 Å². The molecule has 0 atom stereocenters. The maximum atomic E-state index is 10.8. The van der Waals surface area contributed by atoms with Gasteiger partial charge in [-0.3, -0.25) is 15.1 Å². The Morgan fingerprint density at radius 2 is 2.06 bits per heavy atom. The van der Waals surface area contributed by atoms with Crippen molar-refractivity contribution in [2.24, 2.45) is 4.99 Å². The number of nitro groups is 1. The summed E-state index contributed by atoms with van der Waals surface area (Å²) < 4.78 is 0. The molecule has 0 aromatic heterocycles. The summed E-state index contributed by atoms with van der Waals surface area (Å²) in [5.74, 6) is 0. The molecule has 1 saturated carbocycles. The van der Waals surface area contributed by atoms with Gasteiger partial charge in [0.2, 0.25) is 0 Å². The van der Waals surface area contributed by atoms with Gasteiger partial charge >= 0.3 is 0 Å². The number of nitrogens with zero attached hydrogens (tertiary/aromatic N) is 2. The van der Waals surface area contributed by atoms with Crippen molar-refractivity contribution in [3.8, 4) is 0 Å². The summed E-state index contributed by atoms with van der Waals surface area (Å²) in [4.78, 5) is 14.9. The lowest BCUT2D eigenvalue weighted by atomic mass is 10.1. The van der Waals surface area contributed by atoms with Gasteiger partial charge in [-0.2, -0.15) is 0 Å². The molecular weight excluding hydrogens is 204 g/mol. The summed E-state index contributed by atoms with van der Waals surface area (Å²) in [7, 11) is 0. The van der Waals surface area contributed by atoms with Crippen LogP contribution in [0, 0.1) is 10.1 Å².